The minimum Gasteiger partial charge on any atom is -0.356 e. The van der Waals surface area contributed by atoms with Crippen LogP contribution < -0.4 is 10.2 Å². The van der Waals surface area contributed by atoms with Crippen molar-refractivity contribution >= 4 is 11.6 Å². The van der Waals surface area contributed by atoms with Crippen LogP contribution in [0.25, 0.3) is 0 Å². The molecule has 3 saturated heterocycles. The van der Waals surface area contributed by atoms with Gasteiger partial charge in [0.05, 0.1) is 12.0 Å². The fourth-order valence-electron chi connectivity index (χ4n) is 8.39. The predicted octanol–water partition coefficient (Wildman–Crippen LogP) is 3.35. The van der Waals surface area contributed by atoms with Gasteiger partial charge in [-0.3, -0.25) is 4.79 Å². The highest BCUT2D eigenvalue weighted by atomic mass is 16.5. The lowest BCUT2D eigenvalue weighted by atomic mass is 9.58. The van der Waals surface area contributed by atoms with Crippen molar-refractivity contribution in [3.8, 4) is 0 Å². The van der Waals surface area contributed by atoms with Crippen molar-refractivity contribution in [1.29, 1.82) is 0 Å². The third kappa shape index (κ3) is 1.64. The van der Waals surface area contributed by atoms with Gasteiger partial charge in [0.2, 0.25) is 5.91 Å². The fourth-order valence-corrected chi connectivity index (χ4v) is 8.39. The van der Waals surface area contributed by atoms with Crippen LogP contribution in [0.5, 0.6) is 0 Å². The van der Waals surface area contributed by atoms with Gasteiger partial charge in [-0.15, -0.1) is 0 Å². The van der Waals surface area contributed by atoms with Crippen LogP contribution in [0.3, 0.4) is 0 Å². The van der Waals surface area contributed by atoms with E-state index in [1.165, 1.54) is 22.4 Å². The summed E-state index contributed by atoms with van der Waals surface area (Å²) < 4.78 is 6.76. The number of fused-ring (bicyclic) bond motifs is 13. The van der Waals surface area contributed by atoms with Crippen molar-refractivity contribution in [2.45, 2.75) is 49.0 Å². The second-order valence-electron chi connectivity index (χ2n) is 9.88. The molecule has 9 atom stereocenters. The Bertz CT molecular complexity index is 1070. The van der Waals surface area contributed by atoms with Crippen molar-refractivity contribution < 1.29 is 9.53 Å². The molecule has 2 bridgehead atoms. The van der Waals surface area contributed by atoms with Crippen molar-refractivity contribution in [2.24, 2.45) is 17.8 Å². The topological polar surface area (TPSA) is 41.6 Å². The Balaban J connectivity index is 1.44. The van der Waals surface area contributed by atoms with Gasteiger partial charge in [0, 0.05) is 36.0 Å². The lowest BCUT2D eigenvalue weighted by molar-refractivity contribution is -0.125. The van der Waals surface area contributed by atoms with Crippen molar-refractivity contribution in [3.63, 3.8) is 0 Å². The molecule has 4 heteroatoms. The summed E-state index contributed by atoms with van der Waals surface area (Å²) in [5, 5.41) is 3.26. The largest absolute Gasteiger partial charge is 0.356 e. The molecular weight excluding hydrogens is 360 g/mol. The SMILES string of the molecule is O=C1NCC2C1C1c3ccccc3C3C1C1C2c2ccccc2N1C1CC[C@@H]3O1. The number of carbonyl (C=O) groups excluding carboxylic acids is 1. The number of ether oxygens (including phenoxy) is 1. The highest BCUT2D eigenvalue weighted by Gasteiger charge is 2.67. The van der Waals surface area contributed by atoms with Crippen molar-refractivity contribution in [1.82, 2.24) is 5.32 Å². The molecule has 4 nitrogen and oxygen atoms in total. The van der Waals surface area contributed by atoms with E-state index in [1.54, 1.807) is 0 Å². The molecule has 0 spiro atoms. The Morgan fingerprint density at radius 1 is 0.862 bits per heavy atom. The molecule has 1 N–H and O–H groups in total. The molecule has 6 aliphatic rings. The molecule has 8 rings (SSSR count). The predicted molar refractivity (Wildman–Crippen MR) is 109 cm³/mol. The van der Waals surface area contributed by atoms with Gasteiger partial charge >= 0.3 is 0 Å². The Hall–Kier alpha value is -2.33. The Morgan fingerprint density at radius 2 is 1.62 bits per heavy atom. The van der Waals surface area contributed by atoms with Gasteiger partial charge in [0.15, 0.2) is 0 Å². The number of anilines is 1. The zero-order chi connectivity index (χ0) is 18.9. The fraction of sp³-hybridized carbons (Fsp3) is 0.480. The molecule has 0 radical (unpaired) electrons. The summed E-state index contributed by atoms with van der Waals surface area (Å²) in [7, 11) is 0. The number of nitrogens with zero attached hydrogens (tertiary/aromatic N) is 1. The zero-order valence-electron chi connectivity index (χ0n) is 16.2. The summed E-state index contributed by atoms with van der Waals surface area (Å²) in [6.45, 7) is 0.817. The molecule has 2 aromatic carbocycles. The molecule has 146 valence electrons. The van der Waals surface area contributed by atoms with Crippen molar-refractivity contribution in [3.05, 3.63) is 65.2 Å². The van der Waals surface area contributed by atoms with E-state index in [2.05, 4.69) is 58.7 Å². The number of amides is 1. The number of rotatable bonds is 0. The average molecular weight is 384 g/mol. The normalized spacial score (nSPS) is 44.6. The van der Waals surface area contributed by atoms with E-state index >= 15 is 0 Å². The van der Waals surface area contributed by atoms with Gasteiger partial charge in [0.1, 0.15) is 6.23 Å². The van der Waals surface area contributed by atoms with Crippen LogP contribution in [0.15, 0.2) is 48.5 Å². The number of hydrogen-bond donors (Lipinski definition) is 1. The summed E-state index contributed by atoms with van der Waals surface area (Å²) in [4.78, 5) is 15.8. The van der Waals surface area contributed by atoms with E-state index in [0.717, 1.165) is 19.4 Å². The molecule has 4 heterocycles. The van der Waals surface area contributed by atoms with Crippen LogP contribution >= 0.6 is 0 Å². The smallest absolute Gasteiger partial charge is 0.224 e. The Kier molecular flexibility index (Phi) is 2.69. The maximum Gasteiger partial charge on any atom is 0.224 e. The Morgan fingerprint density at radius 3 is 2.48 bits per heavy atom. The molecule has 0 aromatic heterocycles. The molecule has 4 fully saturated rings. The van der Waals surface area contributed by atoms with E-state index in [4.69, 9.17) is 4.74 Å². The standard InChI is InChI=1S/C25H24N2O2/c28-25-22-15(11-26-25)19-14-7-3-4-8-16(14)27-18-10-9-17(29-18)20-12-5-1-2-6-13(12)21(22)23(20)24(19)27/h1-8,15,17-24H,9-11H2,(H,26,28)/t15?,17-,18?,19?,20?,21?,22?,23?,24?/m0/s1. The van der Waals surface area contributed by atoms with Crippen LogP contribution in [-0.2, 0) is 9.53 Å². The van der Waals surface area contributed by atoms with Crippen molar-refractivity contribution in [2.75, 3.05) is 11.4 Å². The number of nitrogens with one attached hydrogen (secondary N) is 1. The van der Waals surface area contributed by atoms with E-state index in [-0.39, 0.29) is 24.2 Å². The highest BCUT2D eigenvalue weighted by Crippen LogP contribution is 2.68. The van der Waals surface area contributed by atoms with Crippen LogP contribution in [0.2, 0.25) is 0 Å². The minimum absolute atomic E-state index is 0.0945. The molecule has 1 saturated carbocycles. The minimum atomic E-state index is 0.0945. The van der Waals surface area contributed by atoms with Gasteiger partial charge in [-0.25, -0.2) is 0 Å². The quantitative estimate of drug-likeness (QED) is 0.757. The zero-order valence-corrected chi connectivity index (χ0v) is 16.2. The van der Waals surface area contributed by atoms with Crippen LogP contribution in [-0.4, -0.2) is 30.8 Å². The number of para-hydroxylation sites is 1. The lowest BCUT2D eigenvalue weighted by Crippen LogP contribution is -2.53. The third-order valence-corrected chi connectivity index (χ3v) is 9.07. The van der Waals surface area contributed by atoms with E-state index < -0.39 is 0 Å². The first kappa shape index (κ1) is 15.5. The number of hydrogen-bond acceptors (Lipinski definition) is 3. The lowest BCUT2D eigenvalue weighted by Gasteiger charge is -2.48. The number of carbonyl (C=O) groups is 1. The molecule has 1 amide bonds. The van der Waals surface area contributed by atoms with Crippen LogP contribution in [0.1, 0.15) is 47.3 Å². The second-order valence-corrected chi connectivity index (χ2v) is 9.88. The van der Waals surface area contributed by atoms with E-state index in [9.17, 15) is 4.79 Å². The number of benzene rings is 2. The molecule has 4 aliphatic heterocycles. The van der Waals surface area contributed by atoms with E-state index in [1.807, 2.05) is 0 Å². The van der Waals surface area contributed by atoms with Crippen LogP contribution in [0, 0.1) is 17.8 Å². The molecule has 2 aliphatic carbocycles. The molecule has 8 unspecified atom stereocenters. The maximum absolute atomic E-state index is 13.2. The highest BCUT2D eigenvalue weighted by molar-refractivity contribution is 5.84. The second kappa shape index (κ2) is 5.04. The summed E-state index contributed by atoms with van der Waals surface area (Å²) in [5.74, 6) is 2.38. The monoisotopic (exact) mass is 384 g/mol. The van der Waals surface area contributed by atoms with E-state index in [0.29, 0.717) is 35.6 Å². The first-order valence-corrected chi connectivity index (χ1v) is 11.2. The third-order valence-electron chi connectivity index (χ3n) is 9.07. The summed E-state index contributed by atoms with van der Waals surface area (Å²) in [6.07, 6.45) is 2.72. The van der Waals surface area contributed by atoms with Crippen LogP contribution in [0.4, 0.5) is 5.69 Å². The van der Waals surface area contributed by atoms with Gasteiger partial charge in [0.25, 0.3) is 0 Å². The summed E-state index contributed by atoms with van der Waals surface area (Å²) >= 11 is 0. The van der Waals surface area contributed by atoms with Gasteiger partial charge in [-0.2, -0.15) is 0 Å². The van der Waals surface area contributed by atoms with Gasteiger partial charge in [-0.05, 0) is 47.4 Å². The molecule has 29 heavy (non-hydrogen) atoms. The Labute approximate surface area is 170 Å². The maximum atomic E-state index is 13.2. The van der Waals surface area contributed by atoms with Gasteiger partial charge in [-0.1, -0.05) is 42.5 Å². The molecule has 2 aromatic rings. The molecular formula is C25H24N2O2. The average Bonchev–Trinajstić information content (AvgIpc) is 3.47. The van der Waals surface area contributed by atoms with Gasteiger partial charge < -0.3 is 15.0 Å². The first-order chi connectivity index (χ1) is 14.3. The first-order valence-electron chi connectivity index (χ1n) is 11.2. The summed E-state index contributed by atoms with van der Waals surface area (Å²) in [5.41, 5.74) is 5.71. The summed E-state index contributed by atoms with van der Waals surface area (Å²) in [6, 6.07) is 18.4.